The van der Waals surface area contributed by atoms with Gasteiger partial charge in [-0.25, -0.2) is 4.39 Å². The van der Waals surface area contributed by atoms with Gasteiger partial charge in [-0.1, -0.05) is 36.4 Å². The van der Waals surface area contributed by atoms with Crippen molar-refractivity contribution in [1.82, 2.24) is 9.80 Å². The lowest BCUT2D eigenvalue weighted by atomic mass is 9.74. The van der Waals surface area contributed by atoms with E-state index in [1.807, 2.05) is 44.2 Å². The molecule has 29 heavy (non-hydrogen) atoms. The summed E-state index contributed by atoms with van der Waals surface area (Å²) in [4.78, 5) is 28.7. The SMILES string of the molecule is CC(=O)N1[C@H](CO)[C@@H](c2ccccc2)[C@@H]1CN(C(=O)c1cccc(F)c1)C(C)C. The van der Waals surface area contributed by atoms with E-state index in [0.717, 1.165) is 5.56 Å². The number of aliphatic hydroxyl groups is 1. The maximum atomic E-state index is 13.6. The smallest absolute Gasteiger partial charge is 0.254 e. The Labute approximate surface area is 170 Å². The van der Waals surface area contributed by atoms with Crippen molar-refractivity contribution in [2.75, 3.05) is 13.2 Å². The Kier molecular flexibility index (Phi) is 6.33. The van der Waals surface area contributed by atoms with E-state index in [9.17, 15) is 19.1 Å². The predicted molar refractivity (Wildman–Crippen MR) is 109 cm³/mol. The zero-order valence-electron chi connectivity index (χ0n) is 17.0. The Morgan fingerprint density at radius 3 is 2.34 bits per heavy atom. The summed E-state index contributed by atoms with van der Waals surface area (Å²) in [5, 5.41) is 9.90. The molecule has 1 N–H and O–H groups in total. The molecule has 3 rings (SSSR count). The second-order valence-electron chi connectivity index (χ2n) is 7.74. The van der Waals surface area contributed by atoms with Crippen LogP contribution in [0.4, 0.5) is 4.39 Å². The lowest BCUT2D eigenvalue weighted by Crippen LogP contribution is -2.68. The van der Waals surface area contributed by atoms with Crippen molar-refractivity contribution in [3.05, 3.63) is 71.5 Å². The monoisotopic (exact) mass is 398 g/mol. The highest BCUT2D eigenvalue weighted by Crippen LogP contribution is 2.41. The summed E-state index contributed by atoms with van der Waals surface area (Å²) < 4.78 is 13.6. The standard InChI is InChI=1S/C23H27FN2O3/c1-15(2)25(23(29)18-10-7-11-19(24)12-18)13-20-22(17-8-5-4-6-9-17)21(14-27)26(20)16(3)28/h4-12,15,20-22,27H,13-14H2,1-3H3/t20-,21+,22-/m0/s1. The van der Waals surface area contributed by atoms with E-state index in [-0.39, 0.29) is 48.0 Å². The molecule has 3 atom stereocenters. The molecule has 1 aliphatic heterocycles. The predicted octanol–water partition coefficient (Wildman–Crippen LogP) is 3.05. The Morgan fingerprint density at radius 1 is 1.10 bits per heavy atom. The van der Waals surface area contributed by atoms with Crippen LogP contribution < -0.4 is 0 Å². The van der Waals surface area contributed by atoms with E-state index in [0.29, 0.717) is 6.54 Å². The summed E-state index contributed by atoms with van der Waals surface area (Å²) in [6.07, 6.45) is 0. The summed E-state index contributed by atoms with van der Waals surface area (Å²) in [6, 6.07) is 14.7. The van der Waals surface area contributed by atoms with E-state index >= 15 is 0 Å². The number of rotatable bonds is 6. The topological polar surface area (TPSA) is 60.9 Å². The second kappa shape index (κ2) is 8.74. The minimum absolute atomic E-state index is 0.0772. The zero-order valence-corrected chi connectivity index (χ0v) is 17.0. The molecule has 0 aromatic heterocycles. The fourth-order valence-electron chi connectivity index (χ4n) is 4.25. The van der Waals surface area contributed by atoms with Crippen LogP contribution in [-0.2, 0) is 4.79 Å². The van der Waals surface area contributed by atoms with Gasteiger partial charge >= 0.3 is 0 Å². The van der Waals surface area contributed by atoms with Crippen LogP contribution >= 0.6 is 0 Å². The minimum Gasteiger partial charge on any atom is -0.394 e. The molecule has 5 nitrogen and oxygen atoms in total. The van der Waals surface area contributed by atoms with Crippen molar-refractivity contribution in [3.8, 4) is 0 Å². The van der Waals surface area contributed by atoms with Crippen LogP contribution in [0.5, 0.6) is 0 Å². The van der Waals surface area contributed by atoms with Gasteiger partial charge in [-0.3, -0.25) is 9.59 Å². The largest absolute Gasteiger partial charge is 0.394 e. The molecule has 2 aromatic rings. The van der Waals surface area contributed by atoms with Gasteiger partial charge in [-0.05, 0) is 37.6 Å². The second-order valence-corrected chi connectivity index (χ2v) is 7.74. The van der Waals surface area contributed by atoms with Crippen LogP contribution in [0, 0.1) is 5.82 Å². The highest BCUT2D eigenvalue weighted by molar-refractivity contribution is 5.94. The van der Waals surface area contributed by atoms with Gasteiger partial charge in [0.2, 0.25) is 5.91 Å². The van der Waals surface area contributed by atoms with Gasteiger partial charge in [0.25, 0.3) is 5.91 Å². The first kappa shape index (κ1) is 21.0. The molecular formula is C23H27FN2O3. The Bertz CT molecular complexity index is 871. The number of carbonyl (C=O) groups is 2. The van der Waals surface area contributed by atoms with Crippen molar-refractivity contribution >= 4 is 11.8 Å². The molecule has 0 unspecified atom stereocenters. The molecule has 0 saturated carbocycles. The normalized spacial score (nSPS) is 21.0. The molecule has 6 heteroatoms. The fraction of sp³-hybridized carbons (Fsp3) is 0.391. The molecule has 154 valence electrons. The van der Waals surface area contributed by atoms with E-state index < -0.39 is 5.82 Å². The lowest BCUT2D eigenvalue weighted by molar-refractivity contribution is -0.149. The summed E-state index contributed by atoms with van der Waals surface area (Å²) in [5.41, 5.74) is 1.30. The maximum Gasteiger partial charge on any atom is 0.254 e. The van der Waals surface area contributed by atoms with Crippen LogP contribution in [-0.4, -0.2) is 58.0 Å². The number of nitrogens with zero attached hydrogens (tertiary/aromatic N) is 2. The van der Waals surface area contributed by atoms with Crippen molar-refractivity contribution in [2.24, 2.45) is 0 Å². The maximum absolute atomic E-state index is 13.6. The van der Waals surface area contributed by atoms with Gasteiger partial charge in [0.1, 0.15) is 5.82 Å². The molecule has 1 saturated heterocycles. The molecule has 0 radical (unpaired) electrons. The van der Waals surface area contributed by atoms with Crippen LogP contribution in [0.25, 0.3) is 0 Å². The zero-order chi connectivity index (χ0) is 21.1. The van der Waals surface area contributed by atoms with Crippen molar-refractivity contribution in [3.63, 3.8) is 0 Å². The lowest BCUT2D eigenvalue weighted by Gasteiger charge is -2.56. The van der Waals surface area contributed by atoms with Crippen molar-refractivity contribution in [2.45, 2.75) is 44.8 Å². The van der Waals surface area contributed by atoms with E-state index in [4.69, 9.17) is 0 Å². The van der Waals surface area contributed by atoms with Gasteiger partial charge in [0.05, 0.1) is 18.7 Å². The first-order valence-electron chi connectivity index (χ1n) is 9.86. The van der Waals surface area contributed by atoms with Gasteiger partial charge in [-0.2, -0.15) is 0 Å². The third-order valence-corrected chi connectivity index (χ3v) is 5.62. The molecular weight excluding hydrogens is 371 g/mol. The highest BCUT2D eigenvalue weighted by atomic mass is 19.1. The molecule has 1 aliphatic rings. The van der Waals surface area contributed by atoms with Crippen LogP contribution in [0.15, 0.2) is 54.6 Å². The first-order valence-corrected chi connectivity index (χ1v) is 9.86. The number of likely N-dealkylation sites (tertiary alicyclic amines) is 1. The van der Waals surface area contributed by atoms with Crippen LogP contribution in [0.1, 0.15) is 42.6 Å². The van der Waals surface area contributed by atoms with Crippen LogP contribution in [0.3, 0.4) is 0 Å². The number of aliphatic hydroxyl groups excluding tert-OH is 1. The Balaban J connectivity index is 1.91. The van der Waals surface area contributed by atoms with E-state index in [1.165, 1.54) is 25.1 Å². The third kappa shape index (κ3) is 4.17. The number of carbonyl (C=O) groups excluding carboxylic acids is 2. The summed E-state index contributed by atoms with van der Waals surface area (Å²) in [6.45, 7) is 5.44. The quantitative estimate of drug-likeness (QED) is 0.814. The molecule has 0 bridgehead atoms. The molecule has 2 amide bonds. The number of hydrogen-bond acceptors (Lipinski definition) is 3. The Hall–Kier alpha value is -2.73. The molecule has 2 aromatic carbocycles. The first-order chi connectivity index (χ1) is 13.8. The average Bonchev–Trinajstić information content (AvgIpc) is 2.67. The summed E-state index contributed by atoms with van der Waals surface area (Å²) in [5.74, 6) is -0.951. The molecule has 0 aliphatic carbocycles. The Morgan fingerprint density at radius 2 is 1.79 bits per heavy atom. The molecule has 0 spiro atoms. The van der Waals surface area contributed by atoms with Gasteiger partial charge in [0, 0.05) is 31.0 Å². The van der Waals surface area contributed by atoms with Crippen LogP contribution in [0.2, 0.25) is 0 Å². The summed E-state index contributed by atoms with van der Waals surface area (Å²) >= 11 is 0. The van der Waals surface area contributed by atoms with E-state index in [2.05, 4.69) is 0 Å². The highest BCUT2D eigenvalue weighted by Gasteiger charge is 2.51. The molecule has 1 fully saturated rings. The van der Waals surface area contributed by atoms with E-state index in [1.54, 1.807) is 15.9 Å². The summed E-state index contributed by atoms with van der Waals surface area (Å²) in [7, 11) is 0. The fourth-order valence-corrected chi connectivity index (χ4v) is 4.25. The number of hydrogen-bond donors (Lipinski definition) is 1. The number of halogens is 1. The van der Waals surface area contributed by atoms with Gasteiger partial charge in [0.15, 0.2) is 0 Å². The average molecular weight is 398 g/mol. The third-order valence-electron chi connectivity index (χ3n) is 5.62. The van der Waals surface area contributed by atoms with Crippen molar-refractivity contribution in [1.29, 1.82) is 0 Å². The number of amides is 2. The van der Waals surface area contributed by atoms with Crippen molar-refractivity contribution < 1.29 is 19.1 Å². The molecule has 1 heterocycles. The van der Waals surface area contributed by atoms with Gasteiger partial charge in [-0.15, -0.1) is 0 Å². The minimum atomic E-state index is -0.462. The van der Waals surface area contributed by atoms with Gasteiger partial charge < -0.3 is 14.9 Å². The number of benzene rings is 2.